The van der Waals surface area contributed by atoms with E-state index < -0.39 is 5.97 Å². The van der Waals surface area contributed by atoms with Gasteiger partial charge in [-0.1, -0.05) is 26.3 Å². The third kappa shape index (κ3) is 2.45. The highest BCUT2D eigenvalue weighted by Crippen LogP contribution is 2.30. The molecule has 108 valence electrons. The number of rotatable bonds is 6. The van der Waals surface area contributed by atoms with E-state index in [4.69, 9.17) is 0 Å². The van der Waals surface area contributed by atoms with E-state index in [0.29, 0.717) is 5.56 Å². The topological polar surface area (TPSA) is 42.2 Å². The molecular weight excluding hydrogens is 250 g/mol. The smallest absolute Gasteiger partial charge is 0.336 e. The fourth-order valence-corrected chi connectivity index (χ4v) is 2.96. The molecule has 0 aliphatic carbocycles. The molecule has 2 aromatic rings. The Morgan fingerprint density at radius 1 is 1.25 bits per heavy atom. The lowest BCUT2D eigenvalue weighted by Gasteiger charge is -2.06. The van der Waals surface area contributed by atoms with Crippen LogP contribution in [0.1, 0.15) is 54.7 Å². The van der Waals surface area contributed by atoms with Crippen molar-refractivity contribution in [2.45, 2.75) is 53.0 Å². The largest absolute Gasteiger partial charge is 0.478 e. The van der Waals surface area contributed by atoms with Gasteiger partial charge in [0.2, 0.25) is 0 Å². The quantitative estimate of drug-likeness (QED) is 0.847. The Morgan fingerprint density at radius 3 is 2.60 bits per heavy atom. The fourth-order valence-electron chi connectivity index (χ4n) is 2.96. The summed E-state index contributed by atoms with van der Waals surface area (Å²) >= 11 is 0. The number of fused-ring (bicyclic) bond motifs is 1. The minimum atomic E-state index is -0.831. The predicted octanol–water partition coefficient (Wildman–Crippen LogP) is 4.40. The summed E-state index contributed by atoms with van der Waals surface area (Å²) in [5.74, 6) is -0.831. The van der Waals surface area contributed by atoms with Gasteiger partial charge in [0.1, 0.15) is 0 Å². The zero-order valence-corrected chi connectivity index (χ0v) is 12.6. The van der Waals surface area contributed by atoms with Crippen molar-refractivity contribution in [3.8, 4) is 0 Å². The van der Waals surface area contributed by atoms with Crippen LogP contribution < -0.4 is 0 Å². The number of carboxylic acids is 1. The van der Waals surface area contributed by atoms with Gasteiger partial charge in [0.15, 0.2) is 0 Å². The molecule has 0 saturated heterocycles. The molecule has 3 nitrogen and oxygen atoms in total. The summed E-state index contributed by atoms with van der Waals surface area (Å²) in [6, 6.07) is 5.61. The Bertz CT molecular complexity index is 625. The Kier molecular flexibility index (Phi) is 4.48. The Balaban J connectivity index is 2.73. The number of aryl methyl sites for hydroxylation is 2. The number of aromatic carboxylic acids is 1. The summed E-state index contributed by atoms with van der Waals surface area (Å²) in [6.45, 7) is 7.38. The normalized spacial score (nSPS) is 11.2. The molecule has 0 aliphatic heterocycles. The van der Waals surface area contributed by atoms with Crippen LogP contribution in [0.25, 0.3) is 10.9 Å². The van der Waals surface area contributed by atoms with Gasteiger partial charge in [0, 0.05) is 23.1 Å². The van der Waals surface area contributed by atoms with Crippen LogP contribution in [0.5, 0.6) is 0 Å². The van der Waals surface area contributed by atoms with Gasteiger partial charge in [-0.2, -0.15) is 0 Å². The maximum atomic E-state index is 11.5. The van der Waals surface area contributed by atoms with Crippen molar-refractivity contribution in [1.82, 2.24) is 4.57 Å². The molecule has 0 aliphatic rings. The molecule has 0 spiro atoms. The van der Waals surface area contributed by atoms with Crippen molar-refractivity contribution in [2.75, 3.05) is 0 Å². The maximum absolute atomic E-state index is 11.5. The molecule has 3 heteroatoms. The molecule has 0 saturated carbocycles. The molecule has 0 fully saturated rings. The first-order valence-electron chi connectivity index (χ1n) is 7.45. The van der Waals surface area contributed by atoms with Crippen LogP contribution in [-0.2, 0) is 13.0 Å². The van der Waals surface area contributed by atoms with E-state index in [1.54, 1.807) is 6.07 Å². The van der Waals surface area contributed by atoms with Crippen molar-refractivity contribution in [2.24, 2.45) is 0 Å². The molecule has 0 bridgehead atoms. The molecular formula is C17H23NO2. The molecule has 1 aromatic carbocycles. The average Bonchev–Trinajstić information content (AvgIpc) is 2.70. The summed E-state index contributed by atoms with van der Waals surface area (Å²) in [7, 11) is 0. The molecule has 0 radical (unpaired) electrons. The van der Waals surface area contributed by atoms with Crippen LogP contribution >= 0.6 is 0 Å². The third-order valence-electron chi connectivity index (χ3n) is 3.93. The van der Waals surface area contributed by atoms with Gasteiger partial charge in [-0.15, -0.1) is 0 Å². The molecule has 0 amide bonds. The number of carbonyl (C=O) groups is 1. The van der Waals surface area contributed by atoms with Gasteiger partial charge < -0.3 is 9.67 Å². The second-order valence-corrected chi connectivity index (χ2v) is 5.32. The van der Waals surface area contributed by atoms with Gasteiger partial charge in [0.25, 0.3) is 0 Å². The lowest BCUT2D eigenvalue weighted by Crippen LogP contribution is -2.00. The minimum Gasteiger partial charge on any atom is -0.478 e. The van der Waals surface area contributed by atoms with Crippen LogP contribution in [0.4, 0.5) is 0 Å². The first-order chi connectivity index (χ1) is 9.61. The molecule has 0 atom stereocenters. The zero-order chi connectivity index (χ0) is 14.7. The van der Waals surface area contributed by atoms with E-state index in [0.717, 1.165) is 43.1 Å². The maximum Gasteiger partial charge on any atom is 0.336 e. The van der Waals surface area contributed by atoms with Crippen LogP contribution in [-0.4, -0.2) is 15.6 Å². The van der Waals surface area contributed by atoms with E-state index in [9.17, 15) is 9.90 Å². The van der Waals surface area contributed by atoms with E-state index in [-0.39, 0.29) is 0 Å². The summed E-state index contributed by atoms with van der Waals surface area (Å²) in [4.78, 5) is 11.5. The van der Waals surface area contributed by atoms with Crippen molar-refractivity contribution in [1.29, 1.82) is 0 Å². The highest BCUT2D eigenvalue weighted by Gasteiger charge is 2.18. The van der Waals surface area contributed by atoms with Crippen molar-refractivity contribution in [3.05, 3.63) is 35.0 Å². The fraction of sp³-hybridized carbons (Fsp3) is 0.471. The molecule has 2 rings (SSSR count). The number of hydrogen-bond acceptors (Lipinski definition) is 1. The van der Waals surface area contributed by atoms with Crippen LogP contribution in [0.15, 0.2) is 18.2 Å². The molecule has 1 N–H and O–H groups in total. The van der Waals surface area contributed by atoms with E-state index in [1.807, 2.05) is 12.1 Å². The summed E-state index contributed by atoms with van der Waals surface area (Å²) in [5.41, 5.74) is 3.94. The number of carboxylic acid groups (broad SMARTS) is 1. The Hall–Kier alpha value is -1.77. The Morgan fingerprint density at radius 2 is 2.00 bits per heavy atom. The lowest BCUT2D eigenvalue weighted by molar-refractivity contribution is 0.0699. The number of benzene rings is 1. The highest BCUT2D eigenvalue weighted by atomic mass is 16.4. The van der Waals surface area contributed by atoms with Crippen LogP contribution in [0.3, 0.4) is 0 Å². The molecule has 20 heavy (non-hydrogen) atoms. The number of nitrogens with zero attached hydrogens (tertiary/aromatic N) is 1. The SMILES string of the molecule is CCCCc1c(C)n(CCC)c2cccc(C(=O)O)c12. The van der Waals surface area contributed by atoms with Gasteiger partial charge in [-0.3, -0.25) is 0 Å². The standard InChI is InChI=1S/C17H23NO2/c1-4-6-8-13-12(3)18(11-5-2)15-10-7-9-14(16(13)15)17(19)20/h7,9-10H,4-6,8,11H2,1-3H3,(H,19,20). The summed E-state index contributed by atoms with van der Waals surface area (Å²) in [5, 5.41) is 10.4. The lowest BCUT2D eigenvalue weighted by atomic mass is 10.0. The second kappa shape index (κ2) is 6.12. The summed E-state index contributed by atoms with van der Waals surface area (Å²) in [6.07, 6.45) is 4.23. The van der Waals surface area contributed by atoms with Crippen molar-refractivity contribution in [3.63, 3.8) is 0 Å². The second-order valence-electron chi connectivity index (χ2n) is 5.32. The highest BCUT2D eigenvalue weighted by molar-refractivity contribution is 6.05. The molecule has 1 aromatic heterocycles. The van der Waals surface area contributed by atoms with Crippen LogP contribution in [0, 0.1) is 6.92 Å². The number of unbranched alkanes of at least 4 members (excludes halogenated alkanes) is 1. The minimum absolute atomic E-state index is 0.437. The predicted molar refractivity (Wildman–Crippen MR) is 82.5 cm³/mol. The van der Waals surface area contributed by atoms with E-state index >= 15 is 0 Å². The number of hydrogen-bond donors (Lipinski definition) is 1. The first-order valence-corrected chi connectivity index (χ1v) is 7.45. The number of aromatic nitrogens is 1. The molecule has 1 heterocycles. The van der Waals surface area contributed by atoms with Gasteiger partial charge in [-0.25, -0.2) is 4.79 Å². The Labute approximate surface area is 120 Å². The molecule has 0 unspecified atom stereocenters. The van der Waals surface area contributed by atoms with E-state index in [2.05, 4.69) is 25.3 Å². The van der Waals surface area contributed by atoms with Gasteiger partial charge in [-0.05, 0) is 43.9 Å². The van der Waals surface area contributed by atoms with Crippen molar-refractivity contribution >= 4 is 16.9 Å². The van der Waals surface area contributed by atoms with E-state index in [1.165, 1.54) is 11.3 Å². The monoisotopic (exact) mass is 273 g/mol. The zero-order valence-electron chi connectivity index (χ0n) is 12.6. The average molecular weight is 273 g/mol. The van der Waals surface area contributed by atoms with Crippen molar-refractivity contribution < 1.29 is 9.90 Å². The first kappa shape index (κ1) is 14.6. The van der Waals surface area contributed by atoms with Gasteiger partial charge >= 0.3 is 5.97 Å². The summed E-state index contributed by atoms with van der Waals surface area (Å²) < 4.78 is 2.27. The van der Waals surface area contributed by atoms with Crippen LogP contribution in [0.2, 0.25) is 0 Å². The third-order valence-corrected chi connectivity index (χ3v) is 3.93. The van der Waals surface area contributed by atoms with Gasteiger partial charge in [0.05, 0.1) is 5.56 Å².